The lowest BCUT2D eigenvalue weighted by atomic mass is 10.1. The number of aromatic nitrogens is 2. The monoisotopic (exact) mass is 498 g/mol. The number of carbonyl (C=O) groups excluding carboxylic acids is 1. The number of hydrogen-bond acceptors (Lipinski definition) is 6. The zero-order chi connectivity index (χ0) is 22.0. The van der Waals surface area contributed by atoms with E-state index in [1.807, 2.05) is 47.0 Å². The fraction of sp³-hybridized carbons (Fsp3) is 0.174. The van der Waals surface area contributed by atoms with Crippen LogP contribution in [0, 0.1) is 0 Å². The summed E-state index contributed by atoms with van der Waals surface area (Å²) >= 11 is 4.72. The summed E-state index contributed by atoms with van der Waals surface area (Å²) in [4.78, 5) is 29.5. The molecule has 4 rings (SSSR count). The Hall–Kier alpha value is -2.84. The predicted molar refractivity (Wildman–Crippen MR) is 125 cm³/mol. The zero-order valence-corrected chi connectivity index (χ0v) is 19.3. The van der Waals surface area contributed by atoms with Gasteiger partial charge in [0.2, 0.25) is 0 Å². The fourth-order valence-corrected chi connectivity index (χ4v) is 4.24. The number of halogens is 1. The summed E-state index contributed by atoms with van der Waals surface area (Å²) in [5.74, 6) is -0.315. The normalized spacial score (nSPS) is 12.1. The molecular formula is C23H19BrN2O4S. The van der Waals surface area contributed by atoms with Crippen LogP contribution in [0.5, 0.6) is 0 Å². The van der Waals surface area contributed by atoms with E-state index in [0.717, 1.165) is 15.5 Å². The van der Waals surface area contributed by atoms with E-state index < -0.39 is 10.9 Å². The summed E-state index contributed by atoms with van der Waals surface area (Å²) in [5, 5.41) is 0.923. The number of imidazole rings is 1. The van der Waals surface area contributed by atoms with Crippen molar-refractivity contribution in [2.24, 2.45) is 0 Å². The summed E-state index contributed by atoms with van der Waals surface area (Å²) in [6.07, 6.45) is 1.78. The van der Waals surface area contributed by atoms with Crippen molar-refractivity contribution < 1.29 is 13.9 Å². The van der Waals surface area contributed by atoms with Crippen molar-refractivity contribution >= 4 is 44.6 Å². The molecule has 31 heavy (non-hydrogen) atoms. The maximum absolute atomic E-state index is 12.6. The van der Waals surface area contributed by atoms with Crippen molar-refractivity contribution in [1.29, 1.82) is 0 Å². The van der Waals surface area contributed by atoms with Crippen molar-refractivity contribution in [1.82, 2.24) is 9.55 Å². The highest BCUT2D eigenvalue weighted by Crippen LogP contribution is 2.30. The molecule has 0 aliphatic carbocycles. The maximum atomic E-state index is 12.6. The highest BCUT2D eigenvalue weighted by Gasteiger charge is 2.22. The summed E-state index contributed by atoms with van der Waals surface area (Å²) in [7, 11) is 0. The second-order valence-corrected chi connectivity index (χ2v) is 8.98. The second-order valence-electron chi connectivity index (χ2n) is 6.75. The molecule has 4 aromatic rings. The molecular weight excluding hydrogens is 480 g/mol. The molecule has 2 aromatic carbocycles. The highest BCUT2D eigenvalue weighted by atomic mass is 79.9. The van der Waals surface area contributed by atoms with Crippen LogP contribution < -0.4 is 5.63 Å². The second kappa shape index (κ2) is 9.11. The zero-order valence-electron chi connectivity index (χ0n) is 16.9. The first kappa shape index (κ1) is 21.4. The van der Waals surface area contributed by atoms with Crippen molar-refractivity contribution in [2.45, 2.75) is 24.3 Å². The van der Waals surface area contributed by atoms with Gasteiger partial charge in [-0.15, -0.1) is 0 Å². The Morgan fingerprint density at radius 3 is 2.71 bits per heavy atom. The van der Waals surface area contributed by atoms with Gasteiger partial charge >= 0.3 is 11.6 Å². The minimum atomic E-state index is -0.464. The third-order valence-electron chi connectivity index (χ3n) is 4.60. The quantitative estimate of drug-likeness (QED) is 0.200. The lowest BCUT2D eigenvalue weighted by molar-refractivity contribution is -0.142. The van der Waals surface area contributed by atoms with Crippen molar-refractivity contribution in [3.05, 3.63) is 75.7 Å². The van der Waals surface area contributed by atoms with E-state index in [2.05, 4.69) is 20.9 Å². The molecule has 1 atom stereocenters. The number of thioether (sulfide) groups is 1. The summed E-state index contributed by atoms with van der Waals surface area (Å²) in [6.45, 7) is 3.86. The molecule has 0 amide bonds. The van der Waals surface area contributed by atoms with E-state index >= 15 is 0 Å². The average Bonchev–Trinajstić information content (AvgIpc) is 3.17. The predicted octanol–water partition coefficient (Wildman–Crippen LogP) is 5.45. The number of benzene rings is 2. The molecule has 2 heterocycles. The van der Waals surface area contributed by atoms with Crippen LogP contribution in [0.1, 0.15) is 13.8 Å². The van der Waals surface area contributed by atoms with Gasteiger partial charge in [-0.05, 0) is 50.2 Å². The Balaban J connectivity index is 1.81. The van der Waals surface area contributed by atoms with E-state index in [1.54, 1.807) is 32.2 Å². The number of hydrogen-bond donors (Lipinski definition) is 0. The van der Waals surface area contributed by atoms with Gasteiger partial charge in [0.25, 0.3) is 0 Å². The van der Waals surface area contributed by atoms with Gasteiger partial charge in [0.1, 0.15) is 10.8 Å². The fourth-order valence-electron chi connectivity index (χ4n) is 3.07. The molecule has 0 N–H and O–H groups in total. The number of carbonyl (C=O) groups is 1. The van der Waals surface area contributed by atoms with Crippen molar-refractivity contribution in [2.75, 3.05) is 6.61 Å². The van der Waals surface area contributed by atoms with E-state index in [9.17, 15) is 9.59 Å². The number of para-hydroxylation sites is 1. The van der Waals surface area contributed by atoms with E-state index in [1.165, 1.54) is 11.8 Å². The minimum Gasteiger partial charge on any atom is -0.465 e. The number of esters is 1. The van der Waals surface area contributed by atoms with Crippen LogP contribution in [-0.2, 0) is 9.53 Å². The molecule has 0 spiro atoms. The molecule has 8 heteroatoms. The Kier molecular flexibility index (Phi) is 6.29. The third kappa shape index (κ3) is 4.60. The molecule has 0 fully saturated rings. The first-order valence-corrected chi connectivity index (χ1v) is 11.4. The van der Waals surface area contributed by atoms with Gasteiger partial charge in [0.05, 0.1) is 17.9 Å². The van der Waals surface area contributed by atoms with E-state index in [4.69, 9.17) is 9.15 Å². The van der Waals surface area contributed by atoms with Crippen LogP contribution >= 0.6 is 27.7 Å². The molecule has 6 nitrogen and oxygen atoms in total. The van der Waals surface area contributed by atoms with Crippen molar-refractivity contribution in [3.8, 4) is 16.9 Å². The van der Waals surface area contributed by atoms with Crippen LogP contribution in [-0.4, -0.2) is 27.4 Å². The third-order valence-corrected chi connectivity index (χ3v) is 6.17. The van der Waals surface area contributed by atoms with Crippen LogP contribution in [0.25, 0.3) is 27.9 Å². The van der Waals surface area contributed by atoms with E-state index in [-0.39, 0.29) is 5.97 Å². The van der Waals surface area contributed by atoms with Gasteiger partial charge in [-0.2, -0.15) is 0 Å². The maximum Gasteiger partial charge on any atom is 0.345 e. The largest absolute Gasteiger partial charge is 0.465 e. The molecule has 0 radical (unpaired) electrons. The standard InChI is InChI=1S/C23H19BrN2O4S/c1-3-29-21(27)14(2)31-23-25-19(13-26(23)17-10-8-16(24)9-11-17)18-12-15-6-4-5-7-20(15)30-22(18)28/h4-14H,3H2,1-2H3. The van der Waals surface area contributed by atoms with Gasteiger partial charge in [-0.1, -0.05) is 45.9 Å². The van der Waals surface area contributed by atoms with Crippen LogP contribution in [0.15, 0.2) is 79.6 Å². The topological polar surface area (TPSA) is 74.3 Å². The van der Waals surface area contributed by atoms with Crippen LogP contribution in [0.3, 0.4) is 0 Å². The van der Waals surface area contributed by atoms with Gasteiger partial charge in [-0.3, -0.25) is 9.36 Å². The Morgan fingerprint density at radius 1 is 1.23 bits per heavy atom. The molecule has 158 valence electrons. The first-order valence-electron chi connectivity index (χ1n) is 9.68. The number of nitrogens with zero attached hydrogens (tertiary/aromatic N) is 2. The molecule has 2 aromatic heterocycles. The molecule has 0 saturated heterocycles. The Morgan fingerprint density at radius 2 is 1.97 bits per heavy atom. The summed E-state index contributed by atoms with van der Waals surface area (Å²) < 4.78 is 13.4. The average molecular weight is 499 g/mol. The van der Waals surface area contributed by atoms with E-state index in [0.29, 0.717) is 28.6 Å². The molecule has 1 unspecified atom stereocenters. The number of rotatable bonds is 6. The lowest BCUT2D eigenvalue weighted by Gasteiger charge is -2.11. The first-order chi connectivity index (χ1) is 15.0. The smallest absolute Gasteiger partial charge is 0.345 e. The molecule has 0 saturated carbocycles. The van der Waals surface area contributed by atoms with Gasteiger partial charge in [0.15, 0.2) is 5.16 Å². The number of fused-ring (bicyclic) bond motifs is 1. The molecule has 0 aliphatic heterocycles. The highest BCUT2D eigenvalue weighted by molar-refractivity contribution is 9.10. The molecule has 0 aliphatic rings. The number of ether oxygens (including phenoxy) is 1. The van der Waals surface area contributed by atoms with Crippen molar-refractivity contribution in [3.63, 3.8) is 0 Å². The van der Waals surface area contributed by atoms with Crippen LogP contribution in [0.2, 0.25) is 0 Å². The lowest BCUT2D eigenvalue weighted by Crippen LogP contribution is -2.17. The van der Waals surface area contributed by atoms with Gasteiger partial charge < -0.3 is 9.15 Å². The minimum absolute atomic E-state index is 0.314. The SMILES string of the molecule is CCOC(=O)C(C)Sc1nc(-c2cc3ccccc3oc2=O)cn1-c1ccc(Br)cc1. The van der Waals surface area contributed by atoms with Gasteiger partial charge in [-0.25, -0.2) is 9.78 Å². The Labute approximate surface area is 191 Å². The summed E-state index contributed by atoms with van der Waals surface area (Å²) in [5.41, 5.74) is 1.75. The van der Waals surface area contributed by atoms with Crippen LogP contribution in [0.4, 0.5) is 0 Å². The summed E-state index contributed by atoms with van der Waals surface area (Å²) in [6, 6.07) is 16.8. The van der Waals surface area contributed by atoms with Gasteiger partial charge in [0, 0.05) is 21.7 Å². The Bertz CT molecular complexity index is 1300. The molecule has 0 bridgehead atoms.